The van der Waals surface area contributed by atoms with E-state index < -0.39 is 0 Å². The number of rotatable bonds is 6. The number of nitrogens with zero attached hydrogens (tertiary/aromatic N) is 1. The molecule has 0 saturated heterocycles. The van der Waals surface area contributed by atoms with Crippen LogP contribution in [0.1, 0.15) is 31.7 Å². The van der Waals surface area contributed by atoms with Gasteiger partial charge in [-0.25, -0.2) is 0 Å². The van der Waals surface area contributed by atoms with Crippen molar-refractivity contribution in [1.29, 1.82) is 0 Å². The van der Waals surface area contributed by atoms with E-state index in [-0.39, 0.29) is 17.0 Å². The predicted molar refractivity (Wildman–Crippen MR) is 93.8 cm³/mol. The van der Waals surface area contributed by atoms with Crippen molar-refractivity contribution >= 4 is 22.9 Å². The summed E-state index contributed by atoms with van der Waals surface area (Å²) in [5.74, 6) is 1.91. The smallest absolute Gasteiger partial charge is 0.191 e. The minimum atomic E-state index is 0. The summed E-state index contributed by atoms with van der Waals surface area (Å²) < 4.78 is 5.65. The van der Waals surface area contributed by atoms with E-state index in [0.717, 1.165) is 50.8 Å². The molecule has 0 aliphatic carbocycles. The number of halogens is 1. The lowest BCUT2D eigenvalue weighted by atomic mass is 10.1. The molecule has 0 aromatic heterocycles. The van der Waals surface area contributed by atoms with Crippen LogP contribution >= 0.6 is 17.0 Å². The van der Waals surface area contributed by atoms with Crippen LogP contribution in [0.4, 0.5) is 0 Å². The van der Waals surface area contributed by atoms with Gasteiger partial charge in [0.05, 0.1) is 6.61 Å². The molecule has 0 spiro atoms. The summed E-state index contributed by atoms with van der Waals surface area (Å²) in [7, 11) is 0. The van der Waals surface area contributed by atoms with Gasteiger partial charge in [0.25, 0.3) is 0 Å². The Hall–Kier alpha value is -1.23. The zero-order valence-corrected chi connectivity index (χ0v) is 14.4. The summed E-state index contributed by atoms with van der Waals surface area (Å²) >= 11 is 0. The van der Waals surface area contributed by atoms with Gasteiger partial charge in [0.1, 0.15) is 5.75 Å². The van der Waals surface area contributed by atoms with Crippen LogP contribution in [-0.2, 0) is 6.42 Å². The van der Waals surface area contributed by atoms with Crippen LogP contribution in [0, 0.1) is 0 Å². The van der Waals surface area contributed by atoms with Gasteiger partial charge in [-0.15, -0.1) is 17.0 Å². The molecule has 1 aliphatic heterocycles. The van der Waals surface area contributed by atoms with Crippen molar-refractivity contribution in [2.24, 2.45) is 4.99 Å². The first kappa shape index (κ1) is 17.8. The summed E-state index contributed by atoms with van der Waals surface area (Å²) in [4.78, 5) is 4.48. The molecule has 0 bridgehead atoms. The maximum absolute atomic E-state index is 5.65. The van der Waals surface area contributed by atoms with E-state index in [2.05, 4.69) is 40.7 Å². The van der Waals surface area contributed by atoms with Crippen molar-refractivity contribution in [3.05, 3.63) is 29.8 Å². The maximum Gasteiger partial charge on any atom is 0.191 e. The van der Waals surface area contributed by atoms with Gasteiger partial charge >= 0.3 is 0 Å². The summed E-state index contributed by atoms with van der Waals surface area (Å²) in [5, 5.41) is 6.69. The lowest BCUT2D eigenvalue weighted by Crippen LogP contribution is -2.38. The second kappa shape index (κ2) is 10.5. The van der Waals surface area contributed by atoms with Crippen LogP contribution in [0.25, 0.3) is 0 Å². The third kappa shape index (κ3) is 6.85. The molecule has 0 radical (unpaired) electrons. The molecule has 0 atom stereocenters. The average molecular weight is 356 g/mol. The fourth-order valence-electron chi connectivity index (χ4n) is 2.14. The van der Waals surface area contributed by atoms with Gasteiger partial charge < -0.3 is 15.4 Å². The van der Waals surface area contributed by atoms with Gasteiger partial charge in [0.15, 0.2) is 5.96 Å². The van der Waals surface area contributed by atoms with E-state index in [0.29, 0.717) is 0 Å². The lowest BCUT2D eigenvalue weighted by molar-refractivity contribution is 0.317. The highest BCUT2D eigenvalue weighted by Crippen LogP contribution is 2.13. The first-order valence-corrected chi connectivity index (χ1v) is 7.62. The Morgan fingerprint density at radius 2 is 2.24 bits per heavy atom. The van der Waals surface area contributed by atoms with Gasteiger partial charge in [-0.3, -0.25) is 4.99 Å². The molecular formula is C16H26BrN3O. The lowest BCUT2D eigenvalue weighted by Gasteiger charge is -2.11. The molecule has 0 amide bonds. The average Bonchev–Trinajstić information content (AvgIpc) is 2.74. The van der Waals surface area contributed by atoms with E-state index in [1.165, 1.54) is 18.4 Å². The van der Waals surface area contributed by atoms with E-state index in [4.69, 9.17) is 4.74 Å². The van der Waals surface area contributed by atoms with E-state index in [1.807, 2.05) is 6.07 Å². The van der Waals surface area contributed by atoms with Gasteiger partial charge in [0.2, 0.25) is 0 Å². The summed E-state index contributed by atoms with van der Waals surface area (Å²) in [6, 6.07) is 8.34. The molecule has 1 aromatic rings. The van der Waals surface area contributed by atoms with Gasteiger partial charge in [-0.2, -0.15) is 0 Å². The van der Waals surface area contributed by atoms with Gasteiger partial charge in [-0.05, 0) is 43.4 Å². The van der Waals surface area contributed by atoms with Crippen LogP contribution in [0.3, 0.4) is 0 Å². The molecule has 0 fully saturated rings. The molecule has 0 saturated carbocycles. The number of benzene rings is 1. The van der Waals surface area contributed by atoms with Crippen LogP contribution in [0.5, 0.6) is 5.75 Å². The minimum absolute atomic E-state index is 0. The highest BCUT2D eigenvalue weighted by atomic mass is 79.9. The topological polar surface area (TPSA) is 45.6 Å². The fraction of sp³-hybridized carbons (Fsp3) is 0.562. The first-order valence-electron chi connectivity index (χ1n) is 7.62. The van der Waals surface area contributed by atoms with Crippen LogP contribution in [0.15, 0.2) is 29.3 Å². The van der Waals surface area contributed by atoms with Gasteiger partial charge in [0, 0.05) is 19.6 Å². The number of nitrogens with one attached hydrogen (secondary N) is 2. The Kier molecular flexibility index (Phi) is 8.90. The van der Waals surface area contributed by atoms with E-state index in [9.17, 15) is 0 Å². The Morgan fingerprint density at radius 1 is 1.33 bits per heavy atom. The number of hydrogen-bond acceptors (Lipinski definition) is 4. The number of hydrogen-bond donors (Lipinski definition) is 2. The highest BCUT2D eigenvalue weighted by molar-refractivity contribution is 8.93. The molecule has 1 heterocycles. The van der Waals surface area contributed by atoms with Crippen molar-refractivity contribution in [1.82, 2.24) is 10.6 Å². The van der Waals surface area contributed by atoms with Crippen LogP contribution < -0.4 is 15.4 Å². The zero-order valence-electron chi connectivity index (χ0n) is 12.7. The monoisotopic (exact) mass is 355 g/mol. The van der Waals surface area contributed by atoms with Crippen molar-refractivity contribution in [3.63, 3.8) is 0 Å². The first-order chi connectivity index (χ1) is 9.88. The molecule has 1 aromatic carbocycles. The Morgan fingerprint density at radius 3 is 3.10 bits per heavy atom. The van der Waals surface area contributed by atoms with Crippen LogP contribution in [0.2, 0.25) is 0 Å². The molecule has 118 valence electrons. The Balaban J connectivity index is 0.00000220. The number of ether oxygens (including phenoxy) is 1. The van der Waals surface area contributed by atoms with Crippen molar-refractivity contribution in [3.8, 4) is 5.75 Å². The number of aliphatic imine (C=N–C) groups is 1. The van der Waals surface area contributed by atoms with E-state index >= 15 is 0 Å². The quantitative estimate of drug-likeness (QED) is 0.824. The highest BCUT2D eigenvalue weighted by Gasteiger charge is 2.02. The Bertz CT molecular complexity index is 437. The summed E-state index contributed by atoms with van der Waals surface area (Å²) in [6.07, 6.45) is 4.39. The van der Waals surface area contributed by atoms with Crippen molar-refractivity contribution in [2.45, 2.75) is 32.6 Å². The molecule has 21 heavy (non-hydrogen) atoms. The normalized spacial score (nSPS) is 14.2. The molecule has 2 rings (SSSR count). The standard InChI is InChI=1S/C16H25N3O.BrH/c1-2-12-20-15-7-5-6-14(13-15)8-11-19-16-17-9-3-4-10-18-16;/h5-7,13H,2-4,8-12H2,1H3,(H2,17,18,19);1H. The SMILES string of the molecule is Br.CCCOc1cccc(CCNC2=NCCCCN2)c1. The summed E-state index contributed by atoms with van der Waals surface area (Å²) in [5.41, 5.74) is 1.29. The van der Waals surface area contributed by atoms with Crippen molar-refractivity contribution in [2.75, 3.05) is 26.2 Å². The molecular weight excluding hydrogens is 330 g/mol. The molecule has 0 unspecified atom stereocenters. The third-order valence-corrected chi connectivity index (χ3v) is 3.22. The number of guanidine groups is 1. The van der Waals surface area contributed by atoms with Crippen molar-refractivity contribution < 1.29 is 4.74 Å². The second-order valence-corrected chi connectivity index (χ2v) is 5.04. The Labute approximate surface area is 138 Å². The van der Waals surface area contributed by atoms with E-state index in [1.54, 1.807) is 0 Å². The molecule has 2 N–H and O–H groups in total. The minimum Gasteiger partial charge on any atom is -0.494 e. The zero-order chi connectivity index (χ0) is 14.0. The molecule has 4 nitrogen and oxygen atoms in total. The largest absolute Gasteiger partial charge is 0.494 e. The molecule has 5 heteroatoms. The maximum atomic E-state index is 5.65. The second-order valence-electron chi connectivity index (χ2n) is 5.04. The van der Waals surface area contributed by atoms with Crippen LogP contribution in [-0.4, -0.2) is 32.2 Å². The van der Waals surface area contributed by atoms with Gasteiger partial charge in [-0.1, -0.05) is 19.1 Å². The molecule has 1 aliphatic rings. The summed E-state index contributed by atoms with van der Waals surface area (Å²) in [6.45, 7) is 5.74. The fourth-order valence-corrected chi connectivity index (χ4v) is 2.14. The predicted octanol–water partition coefficient (Wildman–Crippen LogP) is 2.92. The third-order valence-electron chi connectivity index (χ3n) is 3.22.